The first-order valence-electron chi connectivity index (χ1n) is 8.70. The maximum absolute atomic E-state index is 12.7. The van der Waals surface area contributed by atoms with Crippen LogP contribution in [0.5, 0.6) is 11.5 Å². The lowest BCUT2D eigenvalue weighted by molar-refractivity contribution is 0.102. The van der Waals surface area contributed by atoms with Crippen LogP contribution in [0.2, 0.25) is 5.02 Å². The van der Waals surface area contributed by atoms with E-state index in [1.807, 2.05) is 44.2 Å². The second kappa shape index (κ2) is 7.40. The highest BCUT2D eigenvalue weighted by atomic mass is 35.5. The van der Waals surface area contributed by atoms with Crippen molar-refractivity contribution in [3.63, 3.8) is 0 Å². The first-order chi connectivity index (χ1) is 13.5. The normalized spacial score (nSPS) is 12.0. The van der Waals surface area contributed by atoms with Crippen molar-refractivity contribution >= 4 is 34.6 Å². The number of hydrogen-bond donors (Lipinski definition) is 2. The van der Waals surface area contributed by atoms with Crippen LogP contribution in [0, 0.1) is 13.8 Å². The van der Waals surface area contributed by atoms with Gasteiger partial charge in [0.1, 0.15) is 5.69 Å². The molecule has 1 aliphatic rings. The van der Waals surface area contributed by atoms with Crippen molar-refractivity contribution in [1.82, 2.24) is 4.98 Å². The predicted octanol–water partition coefficient (Wildman–Crippen LogP) is 5.08. The number of anilines is 3. The number of nitrogens with one attached hydrogen (secondary N) is 2. The Morgan fingerprint density at radius 2 is 1.82 bits per heavy atom. The summed E-state index contributed by atoms with van der Waals surface area (Å²) >= 11 is 6.28. The van der Waals surface area contributed by atoms with E-state index in [4.69, 9.17) is 21.1 Å². The minimum Gasteiger partial charge on any atom is -0.454 e. The lowest BCUT2D eigenvalue weighted by Gasteiger charge is -2.12. The average molecular weight is 396 g/mol. The molecular formula is C21H18ClN3O3. The molecule has 142 valence electrons. The van der Waals surface area contributed by atoms with E-state index >= 15 is 0 Å². The predicted molar refractivity (Wildman–Crippen MR) is 109 cm³/mol. The largest absolute Gasteiger partial charge is 0.454 e. The van der Waals surface area contributed by atoms with Gasteiger partial charge in [-0.15, -0.1) is 0 Å². The number of benzene rings is 2. The molecule has 2 aromatic carbocycles. The van der Waals surface area contributed by atoms with Gasteiger partial charge in [0, 0.05) is 23.6 Å². The summed E-state index contributed by atoms with van der Waals surface area (Å²) in [5, 5.41) is 6.59. The van der Waals surface area contributed by atoms with Crippen molar-refractivity contribution in [2.75, 3.05) is 17.4 Å². The van der Waals surface area contributed by atoms with Gasteiger partial charge < -0.3 is 20.1 Å². The Labute approximate surface area is 167 Å². The Kier molecular flexibility index (Phi) is 4.79. The third-order valence-corrected chi connectivity index (χ3v) is 4.62. The number of aryl methyl sites for hydroxylation is 2. The van der Waals surface area contributed by atoms with Gasteiger partial charge in [-0.25, -0.2) is 0 Å². The van der Waals surface area contributed by atoms with Crippen molar-refractivity contribution in [1.29, 1.82) is 0 Å². The van der Waals surface area contributed by atoms with E-state index in [0.29, 0.717) is 22.2 Å². The topological polar surface area (TPSA) is 72.5 Å². The molecule has 0 saturated carbocycles. The van der Waals surface area contributed by atoms with Crippen LogP contribution in [0.25, 0.3) is 0 Å². The molecule has 2 heterocycles. The molecule has 0 atom stereocenters. The number of fused-ring (bicyclic) bond motifs is 1. The number of aromatic nitrogens is 1. The Bertz CT molecular complexity index is 1050. The van der Waals surface area contributed by atoms with Crippen LogP contribution in [-0.4, -0.2) is 17.7 Å². The van der Waals surface area contributed by atoms with Crippen molar-refractivity contribution in [2.24, 2.45) is 0 Å². The monoisotopic (exact) mass is 395 g/mol. The van der Waals surface area contributed by atoms with Gasteiger partial charge in [0.25, 0.3) is 5.91 Å². The summed E-state index contributed by atoms with van der Waals surface area (Å²) in [5.41, 5.74) is 4.35. The maximum Gasteiger partial charge on any atom is 0.274 e. The van der Waals surface area contributed by atoms with Crippen LogP contribution < -0.4 is 20.1 Å². The van der Waals surface area contributed by atoms with Crippen LogP contribution in [0.3, 0.4) is 0 Å². The number of nitrogens with zero attached hydrogens (tertiary/aromatic N) is 1. The van der Waals surface area contributed by atoms with Gasteiger partial charge >= 0.3 is 0 Å². The van der Waals surface area contributed by atoms with Gasteiger partial charge in [-0.1, -0.05) is 17.7 Å². The summed E-state index contributed by atoms with van der Waals surface area (Å²) in [6.07, 6.45) is 1.58. The van der Waals surface area contributed by atoms with Crippen LogP contribution in [-0.2, 0) is 0 Å². The fraction of sp³-hybridized carbons (Fsp3) is 0.143. The third kappa shape index (κ3) is 3.73. The number of carbonyl (C=O) groups is 1. The Morgan fingerprint density at radius 3 is 2.64 bits per heavy atom. The molecule has 0 saturated heterocycles. The van der Waals surface area contributed by atoms with Gasteiger partial charge in [0.05, 0.1) is 10.7 Å². The van der Waals surface area contributed by atoms with E-state index in [1.165, 1.54) is 0 Å². The highest BCUT2D eigenvalue weighted by molar-refractivity contribution is 6.34. The zero-order chi connectivity index (χ0) is 19.7. The third-order valence-electron chi connectivity index (χ3n) is 4.32. The van der Waals surface area contributed by atoms with E-state index in [9.17, 15) is 4.79 Å². The SMILES string of the molecule is Cc1cc(C)c(NC(=O)c2cc(Nc3ccc4c(c3)OCO4)ccn2)c(Cl)c1. The number of hydrogen-bond acceptors (Lipinski definition) is 5. The van der Waals surface area contributed by atoms with Crippen LogP contribution >= 0.6 is 11.6 Å². The first kappa shape index (κ1) is 18.1. The Hall–Kier alpha value is -3.25. The minimum absolute atomic E-state index is 0.222. The molecule has 0 unspecified atom stereocenters. The molecule has 1 amide bonds. The van der Waals surface area contributed by atoms with Gasteiger partial charge in [-0.3, -0.25) is 9.78 Å². The molecule has 0 aliphatic carbocycles. The van der Waals surface area contributed by atoms with Crippen molar-refractivity contribution in [3.8, 4) is 11.5 Å². The standard InChI is InChI=1S/C21H18ClN3O3/c1-12-7-13(2)20(16(22)8-12)25-21(26)17-9-15(5-6-23-17)24-14-3-4-18-19(10-14)28-11-27-18/h3-10H,11H2,1-2H3,(H,23,24)(H,25,26). The van der Waals surface area contributed by atoms with Crippen LogP contribution in [0.15, 0.2) is 48.7 Å². The molecule has 3 aromatic rings. The number of ether oxygens (including phenoxy) is 2. The van der Waals surface area contributed by atoms with Gasteiger partial charge in [-0.05, 0) is 55.3 Å². The van der Waals surface area contributed by atoms with E-state index in [2.05, 4.69) is 15.6 Å². The highest BCUT2D eigenvalue weighted by Gasteiger charge is 2.15. The quantitative estimate of drug-likeness (QED) is 0.644. The Morgan fingerprint density at radius 1 is 1.04 bits per heavy atom. The highest BCUT2D eigenvalue weighted by Crippen LogP contribution is 2.35. The molecule has 7 heteroatoms. The minimum atomic E-state index is -0.330. The molecule has 0 spiro atoms. The summed E-state index contributed by atoms with van der Waals surface area (Å²) < 4.78 is 10.7. The molecular weight excluding hydrogens is 378 g/mol. The van der Waals surface area contributed by atoms with E-state index in [1.54, 1.807) is 18.3 Å². The maximum atomic E-state index is 12.7. The molecule has 0 bridgehead atoms. The fourth-order valence-electron chi connectivity index (χ4n) is 3.03. The molecule has 2 N–H and O–H groups in total. The Balaban J connectivity index is 1.53. The molecule has 0 radical (unpaired) electrons. The van der Waals surface area contributed by atoms with E-state index in [0.717, 1.165) is 22.5 Å². The summed E-state index contributed by atoms with van der Waals surface area (Å²) in [4.78, 5) is 16.8. The molecule has 6 nitrogen and oxygen atoms in total. The summed E-state index contributed by atoms with van der Waals surface area (Å²) in [5.74, 6) is 1.07. The lowest BCUT2D eigenvalue weighted by atomic mass is 10.1. The van der Waals surface area contributed by atoms with E-state index < -0.39 is 0 Å². The van der Waals surface area contributed by atoms with Crippen molar-refractivity contribution < 1.29 is 14.3 Å². The zero-order valence-corrected chi connectivity index (χ0v) is 16.1. The number of carbonyl (C=O) groups excluding carboxylic acids is 1. The number of rotatable bonds is 4. The van der Waals surface area contributed by atoms with E-state index in [-0.39, 0.29) is 18.4 Å². The molecule has 0 fully saturated rings. The lowest BCUT2D eigenvalue weighted by Crippen LogP contribution is -2.15. The summed E-state index contributed by atoms with van der Waals surface area (Å²) in [7, 11) is 0. The molecule has 1 aromatic heterocycles. The first-order valence-corrected chi connectivity index (χ1v) is 9.08. The van der Waals surface area contributed by atoms with Gasteiger partial charge in [0.2, 0.25) is 6.79 Å². The summed E-state index contributed by atoms with van der Waals surface area (Å²) in [6, 6.07) is 12.8. The smallest absolute Gasteiger partial charge is 0.274 e. The zero-order valence-electron chi connectivity index (χ0n) is 15.4. The number of pyridine rings is 1. The number of amides is 1. The second-order valence-corrected chi connectivity index (χ2v) is 6.92. The van der Waals surface area contributed by atoms with Crippen LogP contribution in [0.1, 0.15) is 21.6 Å². The van der Waals surface area contributed by atoms with Crippen molar-refractivity contribution in [2.45, 2.75) is 13.8 Å². The summed E-state index contributed by atoms with van der Waals surface area (Å²) in [6.45, 7) is 4.08. The van der Waals surface area contributed by atoms with Gasteiger partial charge in [0.15, 0.2) is 11.5 Å². The molecule has 28 heavy (non-hydrogen) atoms. The molecule has 1 aliphatic heterocycles. The average Bonchev–Trinajstić information content (AvgIpc) is 3.12. The van der Waals surface area contributed by atoms with Gasteiger partial charge in [-0.2, -0.15) is 0 Å². The fourth-order valence-corrected chi connectivity index (χ4v) is 3.39. The van der Waals surface area contributed by atoms with Crippen molar-refractivity contribution in [3.05, 3.63) is 70.5 Å². The second-order valence-electron chi connectivity index (χ2n) is 6.52. The molecule has 4 rings (SSSR count). The number of halogens is 1. The van der Waals surface area contributed by atoms with Crippen LogP contribution in [0.4, 0.5) is 17.1 Å².